The molecule has 2 aromatic rings. The number of carbonyl (C=O) groups excluding carboxylic acids is 2. The summed E-state index contributed by atoms with van der Waals surface area (Å²) < 4.78 is 77.7. The summed E-state index contributed by atoms with van der Waals surface area (Å²) in [4.78, 5) is 24.1. The standard InChI is InChI=1S/C22H17BrCl2F6N2O2/c1-11(19(34)32-10-21(26,27)28)33-20(35)14-5-2-12(8-16(14)23)3-6-15(22(29,30)31)13-4-7-17(24)18(25)9-13/h2-9,11,15H,10H2,1H3,(H,32,34)(H,33,35)/b6-3+. The Labute approximate surface area is 214 Å². The van der Waals surface area contributed by atoms with Gasteiger partial charge in [-0.2, -0.15) is 26.3 Å². The Hall–Kier alpha value is -2.24. The topological polar surface area (TPSA) is 58.2 Å². The van der Waals surface area contributed by atoms with Crippen LogP contribution in [0, 0.1) is 0 Å². The number of nitrogens with one attached hydrogen (secondary N) is 2. The maximum Gasteiger partial charge on any atom is 0.405 e. The van der Waals surface area contributed by atoms with E-state index >= 15 is 0 Å². The molecule has 2 aromatic carbocycles. The van der Waals surface area contributed by atoms with Gasteiger partial charge in [0.05, 0.1) is 21.5 Å². The van der Waals surface area contributed by atoms with Crippen LogP contribution in [0.5, 0.6) is 0 Å². The summed E-state index contributed by atoms with van der Waals surface area (Å²) in [6.07, 6.45) is -7.08. The minimum Gasteiger partial charge on any atom is -0.345 e. The number of hydrogen-bond donors (Lipinski definition) is 2. The van der Waals surface area contributed by atoms with Crippen LogP contribution in [0.3, 0.4) is 0 Å². The molecule has 4 nitrogen and oxygen atoms in total. The van der Waals surface area contributed by atoms with E-state index in [0.717, 1.165) is 12.1 Å². The molecule has 0 spiro atoms. The van der Waals surface area contributed by atoms with E-state index in [-0.39, 0.29) is 25.6 Å². The second-order valence-electron chi connectivity index (χ2n) is 7.32. The normalized spacial score (nSPS) is 14.0. The van der Waals surface area contributed by atoms with E-state index in [1.165, 1.54) is 43.3 Å². The van der Waals surface area contributed by atoms with Crippen molar-refractivity contribution in [3.8, 4) is 0 Å². The van der Waals surface area contributed by atoms with Crippen LogP contribution in [0.15, 0.2) is 46.9 Å². The molecular weight excluding hydrogens is 589 g/mol. The molecule has 0 saturated heterocycles. The molecule has 2 unspecified atom stereocenters. The van der Waals surface area contributed by atoms with Gasteiger partial charge in [-0.05, 0) is 58.2 Å². The van der Waals surface area contributed by atoms with Crippen molar-refractivity contribution in [1.82, 2.24) is 10.6 Å². The molecule has 0 aliphatic rings. The summed E-state index contributed by atoms with van der Waals surface area (Å²) in [5, 5.41) is 4.00. The number of alkyl halides is 6. The lowest BCUT2D eigenvalue weighted by Crippen LogP contribution is -2.47. The van der Waals surface area contributed by atoms with E-state index < -0.39 is 42.7 Å². The number of amides is 2. The highest BCUT2D eigenvalue weighted by atomic mass is 79.9. The molecule has 2 atom stereocenters. The van der Waals surface area contributed by atoms with Crippen LogP contribution in [0.4, 0.5) is 26.3 Å². The molecule has 0 aliphatic carbocycles. The molecule has 2 rings (SSSR count). The fourth-order valence-electron chi connectivity index (χ4n) is 2.82. The highest BCUT2D eigenvalue weighted by Gasteiger charge is 2.39. The summed E-state index contributed by atoms with van der Waals surface area (Å²) in [5.41, 5.74) is 0.226. The number of rotatable bonds is 7. The Kier molecular flexibility index (Phi) is 9.66. The summed E-state index contributed by atoms with van der Waals surface area (Å²) in [6.45, 7) is -0.340. The maximum absolute atomic E-state index is 13.6. The third kappa shape index (κ3) is 8.73. The van der Waals surface area contributed by atoms with Crippen molar-refractivity contribution in [3.63, 3.8) is 0 Å². The zero-order chi connectivity index (χ0) is 26.6. The lowest BCUT2D eigenvalue weighted by molar-refractivity contribution is -0.139. The molecule has 0 bridgehead atoms. The molecule has 35 heavy (non-hydrogen) atoms. The first-order valence-corrected chi connectivity index (χ1v) is 11.3. The van der Waals surface area contributed by atoms with Gasteiger partial charge in [0, 0.05) is 4.47 Å². The minimum absolute atomic E-state index is 0.0220. The van der Waals surface area contributed by atoms with Gasteiger partial charge in [0.25, 0.3) is 5.91 Å². The summed E-state index contributed by atoms with van der Waals surface area (Å²) in [6, 6.07) is 6.37. The van der Waals surface area contributed by atoms with E-state index in [2.05, 4.69) is 21.2 Å². The summed E-state index contributed by atoms with van der Waals surface area (Å²) in [5.74, 6) is -3.78. The van der Waals surface area contributed by atoms with Crippen molar-refractivity contribution in [2.75, 3.05) is 6.54 Å². The summed E-state index contributed by atoms with van der Waals surface area (Å²) in [7, 11) is 0. The van der Waals surface area contributed by atoms with Crippen LogP contribution in [0.2, 0.25) is 10.0 Å². The first-order valence-electron chi connectivity index (χ1n) is 9.73. The van der Waals surface area contributed by atoms with Crippen molar-refractivity contribution >= 4 is 57.0 Å². The average Bonchev–Trinajstić information content (AvgIpc) is 2.73. The van der Waals surface area contributed by atoms with Crippen LogP contribution >= 0.6 is 39.1 Å². The molecule has 0 radical (unpaired) electrons. The van der Waals surface area contributed by atoms with Gasteiger partial charge in [-0.1, -0.05) is 47.5 Å². The molecule has 0 aromatic heterocycles. The molecule has 2 amide bonds. The second kappa shape index (κ2) is 11.7. The quantitative estimate of drug-likeness (QED) is 0.337. The van der Waals surface area contributed by atoms with E-state index in [9.17, 15) is 35.9 Å². The van der Waals surface area contributed by atoms with Crippen LogP contribution in [0.25, 0.3) is 6.08 Å². The summed E-state index contributed by atoms with van der Waals surface area (Å²) >= 11 is 14.8. The van der Waals surface area contributed by atoms with Crippen LogP contribution in [0.1, 0.15) is 34.3 Å². The van der Waals surface area contributed by atoms with E-state index in [4.69, 9.17) is 23.2 Å². The molecule has 13 heteroatoms. The van der Waals surface area contributed by atoms with E-state index in [1.807, 2.05) is 0 Å². The number of benzene rings is 2. The van der Waals surface area contributed by atoms with Crippen molar-refractivity contribution in [2.45, 2.75) is 31.2 Å². The van der Waals surface area contributed by atoms with Gasteiger partial charge < -0.3 is 10.6 Å². The average molecular weight is 606 g/mol. The zero-order valence-electron chi connectivity index (χ0n) is 17.7. The molecule has 0 fully saturated rings. The van der Waals surface area contributed by atoms with Crippen LogP contribution in [-0.4, -0.2) is 36.8 Å². The van der Waals surface area contributed by atoms with Gasteiger partial charge in [0.1, 0.15) is 12.6 Å². The largest absolute Gasteiger partial charge is 0.405 e. The van der Waals surface area contributed by atoms with E-state index in [0.29, 0.717) is 5.56 Å². The van der Waals surface area contributed by atoms with Gasteiger partial charge in [0.15, 0.2) is 0 Å². The third-order valence-corrected chi connectivity index (χ3v) is 5.97. The molecule has 2 N–H and O–H groups in total. The lowest BCUT2D eigenvalue weighted by Gasteiger charge is -2.18. The van der Waals surface area contributed by atoms with Crippen LogP contribution < -0.4 is 10.6 Å². The first kappa shape index (κ1) is 29.0. The minimum atomic E-state index is -4.62. The maximum atomic E-state index is 13.6. The number of halogens is 9. The molecule has 190 valence electrons. The van der Waals surface area contributed by atoms with Gasteiger partial charge in [-0.3, -0.25) is 9.59 Å². The van der Waals surface area contributed by atoms with Gasteiger partial charge in [-0.25, -0.2) is 0 Å². The Morgan fingerprint density at radius 3 is 2.23 bits per heavy atom. The van der Waals surface area contributed by atoms with Crippen molar-refractivity contribution in [3.05, 3.63) is 73.7 Å². The molecular formula is C22H17BrCl2F6N2O2. The Balaban J connectivity index is 2.16. The predicted molar refractivity (Wildman–Crippen MR) is 124 cm³/mol. The number of hydrogen-bond acceptors (Lipinski definition) is 2. The highest BCUT2D eigenvalue weighted by Crippen LogP contribution is 2.38. The SMILES string of the molecule is CC(NC(=O)c1ccc(/C=C/C(c2ccc(Cl)c(Cl)c2)C(F)(F)F)cc1Br)C(=O)NCC(F)(F)F. The van der Waals surface area contributed by atoms with E-state index in [1.54, 1.807) is 5.32 Å². The monoisotopic (exact) mass is 604 g/mol. The predicted octanol–water partition coefficient (Wildman–Crippen LogP) is 6.91. The highest BCUT2D eigenvalue weighted by molar-refractivity contribution is 9.10. The first-order chi connectivity index (χ1) is 16.1. The fourth-order valence-corrected chi connectivity index (χ4v) is 3.71. The Morgan fingerprint density at radius 1 is 1.03 bits per heavy atom. The molecule has 0 aliphatic heterocycles. The zero-order valence-corrected chi connectivity index (χ0v) is 20.8. The Bertz CT molecular complexity index is 1120. The smallest absolute Gasteiger partial charge is 0.345 e. The van der Waals surface area contributed by atoms with Crippen molar-refractivity contribution < 1.29 is 35.9 Å². The lowest BCUT2D eigenvalue weighted by atomic mass is 9.97. The van der Waals surface area contributed by atoms with Gasteiger partial charge >= 0.3 is 12.4 Å². The molecule has 0 saturated carbocycles. The third-order valence-electron chi connectivity index (χ3n) is 4.58. The number of allylic oxidation sites excluding steroid dienone is 1. The second-order valence-corrected chi connectivity index (χ2v) is 8.99. The van der Waals surface area contributed by atoms with Crippen molar-refractivity contribution in [2.24, 2.45) is 0 Å². The van der Waals surface area contributed by atoms with Gasteiger partial charge in [-0.15, -0.1) is 0 Å². The van der Waals surface area contributed by atoms with Gasteiger partial charge in [0.2, 0.25) is 5.91 Å². The number of carbonyl (C=O) groups is 2. The van der Waals surface area contributed by atoms with Crippen molar-refractivity contribution in [1.29, 1.82) is 0 Å². The fraction of sp³-hybridized carbons (Fsp3) is 0.273. The Morgan fingerprint density at radius 2 is 1.69 bits per heavy atom. The van der Waals surface area contributed by atoms with Crippen LogP contribution in [-0.2, 0) is 4.79 Å². The molecule has 0 heterocycles.